The van der Waals surface area contributed by atoms with Crippen molar-refractivity contribution < 1.29 is 29.3 Å². The zero-order valence-corrected chi connectivity index (χ0v) is 26.1. The molecule has 0 aliphatic carbocycles. The third kappa shape index (κ3) is 9.34. The Morgan fingerprint density at radius 1 is 0.761 bits per heavy atom. The molecule has 46 heavy (non-hydrogen) atoms. The minimum atomic E-state index is -0.920. The Kier molecular flexibility index (Phi) is 11.7. The average molecular weight is 623 g/mol. The van der Waals surface area contributed by atoms with Crippen LogP contribution >= 0.6 is 0 Å². The van der Waals surface area contributed by atoms with Gasteiger partial charge in [-0.05, 0) is 40.8 Å². The number of carbonyl (C=O) groups excluding carboxylic acids is 1. The maximum atomic E-state index is 12.5. The van der Waals surface area contributed by atoms with Gasteiger partial charge >= 0.3 is 5.97 Å². The highest BCUT2D eigenvalue weighted by Crippen LogP contribution is 2.42. The number of nitrogens with zero attached hydrogens (tertiary/aromatic N) is 1. The van der Waals surface area contributed by atoms with E-state index in [0.717, 1.165) is 29.8 Å². The molecule has 3 N–H and O–H groups in total. The van der Waals surface area contributed by atoms with Gasteiger partial charge in [-0.15, -0.1) is 0 Å². The van der Waals surface area contributed by atoms with Crippen LogP contribution in [0, 0.1) is 5.92 Å². The Morgan fingerprint density at radius 2 is 1.41 bits per heavy atom. The molecule has 8 nitrogen and oxygen atoms in total. The fraction of sp³-hybridized carbons (Fsp3) is 0.316. The summed E-state index contributed by atoms with van der Waals surface area (Å²) < 4.78 is 13.4. The molecular formula is C38H42N2O6. The van der Waals surface area contributed by atoms with E-state index >= 15 is 0 Å². The molecule has 1 amide bonds. The van der Waals surface area contributed by atoms with Gasteiger partial charge in [0.15, 0.2) is 6.29 Å². The first-order valence-corrected chi connectivity index (χ1v) is 15.8. The summed E-state index contributed by atoms with van der Waals surface area (Å²) in [5.41, 5.74) is 5.65. The normalized spacial score (nSPS) is 19.5. The average Bonchev–Trinajstić information content (AvgIpc) is 3.06. The van der Waals surface area contributed by atoms with Crippen LogP contribution in [0.3, 0.4) is 0 Å². The molecule has 1 heterocycles. The van der Waals surface area contributed by atoms with E-state index in [4.69, 9.17) is 14.6 Å². The van der Waals surface area contributed by atoms with E-state index in [2.05, 4.69) is 65.7 Å². The lowest BCUT2D eigenvalue weighted by atomic mass is 9.89. The molecule has 0 aromatic heterocycles. The van der Waals surface area contributed by atoms with Gasteiger partial charge < -0.3 is 25.0 Å². The maximum Gasteiger partial charge on any atom is 0.303 e. The molecular weight excluding hydrogens is 580 g/mol. The Bertz CT molecular complexity index is 1510. The molecule has 1 aliphatic heterocycles. The van der Waals surface area contributed by atoms with Gasteiger partial charge in [0.2, 0.25) is 5.91 Å². The Morgan fingerprint density at radius 3 is 2.02 bits per heavy atom. The van der Waals surface area contributed by atoms with Gasteiger partial charge in [-0.1, -0.05) is 104 Å². The standard InChI is InChI=1S/C38H42N2O6/c1-27-34(25-40(23-28-10-4-2-5-11-28)24-29-12-6-3-7-13-29)45-38(46-37(27)31-20-18-30(26-41)19-21-31)32-14-8-15-33(22-32)39-35(42)16-9-17-36(43)44/h2-8,10-15,18-22,27,34,37-38,41H,9,16-17,23-26H2,1H3,(H,39,42)(H,43,44)/t27-,34+,37+,38+/m1/s1. The van der Waals surface area contributed by atoms with Crippen LogP contribution in [0.25, 0.3) is 0 Å². The first-order chi connectivity index (χ1) is 22.4. The van der Waals surface area contributed by atoms with Crippen LogP contribution in [0.5, 0.6) is 0 Å². The van der Waals surface area contributed by atoms with Crippen molar-refractivity contribution in [1.82, 2.24) is 4.90 Å². The second kappa shape index (κ2) is 16.3. The number of ether oxygens (including phenoxy) is 2. The van der Waals surface area contributed by atoms with Gasteiger partial charge in [-0.25, -0.2) is 0 Å². The number of hydrogen-bond donors (Lipinski definition) is 3. The minimum absolute atomic E-state index is 0.00222. The van der Waals surface area contributed by atoms with Crippen molar-refractivity contribution >= 4 is 17.6 Å². The number of carboxylic acid groups (broad SMARTS) is 1. The highest BCUT2D eigenvalue weighted by Gasteiger charge is 2.39. The van der Waals surface area contributed by atoms with Gasteiger partial charge in [0.25, 0.3) is 0 Å². The number of nitrogens with one attached hydrogen (secondary N) is 1. The summed E-state index contributed by atoms with van der Waals surface area (Å²) in [6.07, 6.45) is -0.818. The zero-order chi connectivity index (χ0) is 32.3. The van der Waals surface area contributed by atoms with Crippen LogP contribution in [0.2, 0.25) is 0 Å². The van der Waals surface area contributed by atoms with Crippen LogP contribution in [-0.4, -0.2) is 39.6 Å². The number of anilines is 1. The quantitative estimate of drug-likeness (QED) is 0.141. The summed E-state index contributed by atoms with van der Waals surface area (Å²) in [6.45, 7) is 4.30. The Labute approximate surface area is 270 Å². The summed E-state index contributed by atoms with van der Waals surface area (Å²) >= 11 is 0. The van der Waals surface area contributed by atoms with Crippen LogP contribution < -0.4 is 5.32 Å². The molecule has 240 valence electrons. The van der Waals surface area contributed by atoms with E-state index in [-0.39, 0.29) is 49.9 Å². The molecule has 4 atom stereocenters. The number of hydrogen-bond acceptors (Lipinski definition) is 6. The van der Waals surface area contributed by atoms with Crippen molar-refractivity contribution in [3.05, 3.63) is 137 Å². The first-order valence-electron chi connectivity index (χ1n) is 15.8. The number of carbonyl (C=O) groups is 2. The number of benzene rings is 4. The van der Waals surface area contributed by atoms with Crippen molar-refractivity contribution in [3.63, 3.8) is 0 Å². The first kappa shape index (κ1) is 33.0. The Balaban J connectivity index is 1.40. The van der Waals surface area contributed by atoms with Gasteiger partial charge in [-0.2, -0.15) is 0 Å². The van der Waals surface area contributed by atoms with E-state index in [9.17, 15) is 14.7 Å². The third-order valence-corrected chi connectivity index (χ3v) is 8.30. The van der Waals surface area contributed by atoms with Crippen LogP contribution in [-0.2, 0) is 38.8 Å². The molecule has 8 heteroatoms. The predicted molar refractivity (Wildman–Crippen MR) is 177 cm³/mol. The lowest BCUT2D eigenvalue weighted by Gasteiger charge is -2.43. The Hall–Kier alpha value is -4.34. The van der Waals surface area contributed by atoms with E-state index in [1.54, 1.807) is 6.07 Å². The molecule has 0 radical (unpaired) electrons. The smallest absolute Gasteiger partial charge is 0.303 e. The van der Waals surface area contributed by atoms with Crippen LogP contribution in [0.15, 0.2) is 109 Å². The molecule has 0 unspecified atom stereocenters. The molecule has 1 saturated heterocycles. The van der Waals surface area contributed by atoms with Crippen molar-refractivity contribution in [2.75, 3.05) is 11.9 Å². The number of aliphatic carboxylic acids is 1. The minimum Gasteiger partial charge on any atom is -0.481 e. The number of amides is 1. The van der Waals surface area contributed by atoms with E-state index in [0.29, 0.717) is 12.2 Å². The van der Waals surface area contributed by atoms with Gasteiger partial charge in [0.05, 0.1) is 18.8 Å². The summed E-state index contributed by atoms with van der Waals surface area (Å²) in [5, 5.41) is 21.4. The number of aliphatic hydroxyl groups excluding tert-OH is 1. The topological polar surface area (TPSA) is 108 Å². The summed E-state index contributed by atoms with van der Waals surface area (Å²) in [5.74, 6) is -1.16. The second-order valence-corrected chi connectivity index (χ2v) is 11.9. The molecule has 5 rings (SSSR count). The molecule has 0 saturated carbocycles. The fourth-order valence-corrected chi connectivity index (χ4v) is 5.84. The van der Waals surface area contributed by atoms with Gasteiger partial charge in [0, 0.05) is 49.6 Å². The van der Waals surface area contributed by atoms with E-state index < -0.39 is 12.3 Å². The predicted octanol–water partition coefficient (Wildman–Crippen LogP) is 6.87. The van der Waals surface area contributed by atoms with Crippen molar-refractivity contribution in [2.45, 2.75) is 64.4 Å². The SMILES string of the molecule is C[C@@H]1[C@H](CN(Cc2ccccc2)Cc2ccccc2)O[C@H](c2cccc(NC(=O)CCCC(=O)O)c2)O[C@@H]1c1ccc(CO)cc1. The van der Waals surface area contributed by atoms with E-state index in [1.165, 1.54) is 11.1 Å². The summed E-state index contributed by atoms with van der Waals surface area (Å²) in [4.78, 5) is 25.8. The van der Waals surface area contributed by atoms with Crippen molar-refractivity contribution in [1.29, 1.82) is 0 Å². The van der Waals surface area contributed by atoms with Crippen molar-refractivity contribution in [3.8, 4) is 0 Å². The zero-order valence-electron chi connectivity index (χ0n) is 26.1. The van der Waals surface area contributed by atoms with Gasteiger partial charge in [-0.3, -0.25) is 14.5 Å². The molecule has 4 aromatic rings. The monoisotopic (exact) mass is 622 g/mol. The lowest BCUT2D eigenvalue weighted by molar-refractivity contribution is -0.276. The lowest BCUT2D eigenvalue weighted by Crippen LogP contribution is -2.44. The second-order valence-electron chi connectivity index (χ2n) is 11.9. The highest BCUT2D eigenvalue weighted by atomic mass is 16.7. The van der Waals surface area contributed by atoms with Crippen molar-refractivity contribution in [2.24, 2.45) is 5.92 Å². The summed E-state index contributed by atoms with van der Waals surface area (Å²) in [7, 11) is 0. The molecule has 1 fully saturated rings. The molecule has 4 aromatic carbocycles. The molecule has 0 bridgehead atoms. The van der Waals surface area contributed by atoms with E-state index in [1.807, 2.05) is 54.6 Å². The van der Waals surface area contributed by atoms with Crippen LogP contribution in [0.4, 0.5) is 5.69 Å². The summed E-state index contributed by atoms with van der Waals surface area (Å²) in [6, 6.07) is 36.1. The number of carboxylic acids is 1. The maximum absolute atomic E-state index is 12.5. The number of rotatable bonds is 14. The van der Waals surface area contributed by atoms with Crippen LogP contribution in [0.1, 0.15) is 66.4 Å². The fourth-order valence-electron chi connectivity index (χ4n) is 5.84. The van der Waals surface area contributed by atoms with Gasteiger partial charge in [0.1, 0.15) is 0 Å². The highest BCUT2D eigenvalue weighted by molar-refractivity contribution is 5.90. The third-order valence-electron chi connectivity index (χ3n) is 8.30. The largest absolute Gasteiger partial charge is 0.481 e. The molecule has 1 aliphatic rings. The molecule has 0 spiro atoms. The number of aliphatic hydroxyl groups is 1.